The van der Waals surface area contributed by atoms with E-state index in [0.29, 0.717) is 35.8 Å². The van der Waals surface area contributed by atoms with Gasteiger partial charge in [-0.2, -0.15) is 0 Å². The highest BCUT2D eigenvalue weighted by atomic mass is 16.5. The van der Waals surface area contributed by atoms with Gasteiger partial charge in [0.15, 0.2) is 0 Å². The minimum absolute atomic E-state index is 0.158. The van der Waals surface area contributed by atoms with Gasteiger partial charge in [-0.25, -0.2) is 0 Å². The maximum Gasteiger partial charge on any atom is 0.258 e. The van der Waals surface area contributed by atoms with Crippen LogP contribution in [0.15, 0.2) is 109 Å². The van der Waals surface area contributed by atoms with Gasteiger partial charge < -0.3 is 19.3 Å². The number of nitrogens with zero attached hydrogens (tertiary/aromatic N) is 2. The molecule has 0 saturated heterocycles. The molecule has 0 spiro atoms. The first-order valence-electron chi connectivity index (χ1n) is 14.8. The lowest BCUT2D eigenvalue weighted by atomic mass is 10.1. The van der Waals surface area contributed by atoms with Crippen molar-refractivity contribution in [1.82, 2.24) is 0 Å². The molecular weight excluding hydrogens is 524 g/mol. The number of carbonyl (C=O) groups is 2. The molecule has 2 amide bonds. The highest BCUT2D eigenvalue weighted by molar-refractivity contribution is 6.08. The molecule has 0 N–H and O–H groups in total. The molecular formula is C36H40N2O4. The molecule has 0 aliphatic heterocycles. The van der Waals surface area contributed by atoms with Crippen LogP contribution in [-0.4, -0.2) is 38.1 Å². The lowest BCUT2D eigenvalue weighted by molar-refractivity contribution is 0.0967. The van der Waals surface area contributed by atoms with Crippen LogP contribution < -0.4 is 19.3 Å². The molecule has 0 radical (unpaired) electrons. The van der Waals surface area contributed by atoms with Crippen molar-refractivity contribution in [3.8, 4) is 11.5 Å². The first-order chi connectivity index (χ1) is 20.6. The van der Waals surface area contributed by atoms with Crippen LogP contribution in [0.2, 0.25) is 0 Å². The van der Waals surface area contributed by atoms with Gasteiger partial charge in [0.1, 0.15) is 11.5 Å². The lowest BCUT2D eigenvalue weighted by Gasteiger charge is -2.28. The summed E-state index contributed by atoms with van der Waals surface area (Å²) in [6, 6.07) is 33.7. The van der Waals surface area contributed by atoms with Crippen molar-refractivity contribution in [3.05, 3.63) is 120 Å². The van der Waals surface area contributed by atoms with Gasteiger partial charge in [0, 0.05) is 35.6 Å². The van der Waals surface area contributed by atoms with E-state index in [1.165, 1.54) is 0 Å². The highest BCUT2D eigenvalue weighted by Gasteiger charge is 2.23. The van der Waals surface area contributed by atoms with Gasteiger partial charge in [-0.05, 0) is 73.5 Å². The smallest absolute Gasteiger partial charge is 0.258 e. The Hall–Kier alpha value is -4.58. The zero-order chi connectivity index (χ0) is 29.6. The topological polar surface area (TPSA) is 59.1 Å². The summed E-state index contributed by atoms with van der Waals surface area (Å²) in [6.45, 7) is 6.02. The van der Waals surface area contributed by atoms with Crippen LogP contribution in [0.1, 0.15) is 60.2 Å². The van der Waals surface area contributed by atoms with Crippen LogP contribution in [0.4, 0.5) is 11.4 Å². The third kappa shape index (κ3) is 8.46. The molecule has 0 heterocycles. The third-order valence-electron chi connectivity index (χ3n) is 6.87. The van der Waals surface area contributed by atoms with Crippen LogP contribution in [0.3, 0.4) is 0 Å². The van der Waals surface area contributed by atoms with E-state index in [9.17, 15) is 9.59 Å². The molecule has 4 rings (SSSR count). The Morgan fingerprint density at radius 2 is 0.952 bits per heavy atom. The predicted octanol–water partition coefficient (Wildman–Crippen LogP) is 8.04. The van der Waals surface area contributed by atoms with Gasteiger partial charge in [-0.1, -0.05) is 75.2 Å². The second-order valence-electron chi connectivity index (χ2n) is 10.0. The number of carbonyl (C=O) groups excluding carboxylic acids is 2. The molecule has 0 bridgehead atoms. The molecule has 6 nitrogen and oxygen atoms in total. The number of rotatable bonds is 15. The third-order valence-corrected chi connectivity index (χ3v) is 6.87. The summed E-state index contributed by atoms with van der Waals surface area (Å²) in [6.07, 6.45) is 3.97. The number of hydrogen-bond donors (Lipinski definition) is 0. The minimum Gasteiger partial charge on any atom is -0.494 e. The van der Waals surface area contributed by atoms with Gasteiger partial charge >= 0.3 is 0 Å². The number of hydrogen-bond acceptors (Lipinski definition) is 4. The number of amides is 2. The summed E-state index contributed by atoms with van der Waals surface area (Å²) in [4.78, 5) is 31.3. The fourth-order valence-corrected chi connectivity index (χ4v) is 4.53. The van der Waals surface area contributed by atoms with E-state index in [4.69, 9.17) is 9.47 Å². The van der Waals surface area contributed by atoms with Crippen LogP contribution >= 0.6 is 0 Å². The van der Waals surface area contributed by atoms with Crippen LogP contribution in [-0.2, 0) is 0 Å². The van der Waals surface area contributed by atoms with Crippen molar-refractivity contribution in [2.75, 3.05) is 36.1 Å². The van der Waals surface area contributed by atoms with Crippen LogP contribution in [0, 0.1) is 0 Å². The van der Waals surface area contributed by atoms with E-state index in [1.807, 2.05) is 84.9 Å². The Morgan fingerprint density at radius 1 is 0.548 bits per heavy atom. The van der Waals surface area contributed by atoms with Gasteiger partial charge in [0.2, 0.25) is 0 Å². The van der Waals surface area contributed by atoms with E-state index in [0.717, 1.165) is 37.1 Å². The number of anilines is 2. The van der Waals surface area contributed by atoms with Gasteiger partial charge in [-0.15, -0.1) is 0 Å². The summed E-state index contributed by atoms with van der Waals surface area (Å²) in [7, 11) is 0. The van der Waals surface area contributed by atoms with Crippen LogP contribution in [0.25, 0.3) is 0 Å². The zero-order valence-electron chi connectivity index (χ0n) is 24.6. The Morgan fingerprint density at radius 3 is 1.33 bits per heavy atom. The maximum absolute atomic E-state index is 13.9. The van der Waals surface area contributed by atoms with Gasteiger partial charge in [0.25, 0.3) is 11.8 Å². The molecule has 0 saturated carbocycles. The fourth-order valence-electron chi connectivity index (χ4n) is 4.53. The van der Waals surface area contributed by atoms with E-state index in [1.54, 1.807) is 34.1 Å². The molecule has 0 fully saturated rings. The SMILES string of the molecule is CCCCOc1cccc(C(=O)N(CCN(C(=O)c2cccc(OCCCC)c2)c2ccccc2)c2ccccc2)c1. The van der Waals surface area contributed by atoms with E-state index < -0.39 is 0 Å². The van der Waals surface area contributed by atoms with Crippen molar-refractivity contribution in [1.29, 1.82) is 0 Å². The number of para-hydroxylation sites is 2. The summed E-state index contributed by atoms with van der Waals surface area (Å²) in [5.41, 5.74) is 2.57. The van der Waals surface area contributed by atoms with Gasteiger partial charge in [0.05, 0.1) is 13.2 Å². The molecule has 0 aliphatic carbocycles. The average Bonchev–Trinajstić information content (AvgIpc) is 3.04. The fraction of sp³-hybridized carbons (Fsp3) is 0.278. The largest absolute Gasteiger partial charge is 0.494 e. The average molecular weight is 565 g/mol. The highest BCUT2D eigenvalue weighted by Crippen LogP contribution is 2.23. The molecule has 218 valence electrons. The first-order valence-corrected chi connectivity index (χ1v) is 14.8. The quantitative estimate of drug-likeness (QED) is 0.137. The summed E-state index contributed by atoms with van der Waals surface area (Å²) in [5, 5.41) is 0. The Balaban J connectivity index is 1.60. The Kier molecular flexibility index (Phi) is 11.6. The Bertz CT molecular complexity index is 1300. The summed E-state index contributed by atoms with van der Waals surface area (Å²) < 4.78 is 11.7. The minimum atomic E-state index is -0.158. The lowest BCUT2D eigenvalue weighted by Crippen LogP contribution is -2.41. The molecule has 0 atom stereocenters. The van der Waals surface area contributed by atoms with Crippen molar-refractivity contribution in [2.24, 2.45) is 0 Å². The van der Waals surface area contributed by atoms with E-state index in [2.05, 4.69) is 13.8 Å². The van der Waals surface area contributed by atoms with E-state index in [-0.39, 0.29) is 24.9 Å². The Labute approximate surface area is 249 Å². The molecule has 42 heavy (non-hydrogen) atoms. The maximum atomic E-state index is 13.9. The molecule has 6 heteroatoms. The predicted molar refractivity (Wildman–Crippen MR) is 170 cm³/mol. The summed E-state index contributed by atoms with van der Waals surface area (Å²) in [5.74, 6) is 1.02. The van der Waals surface area contributed by atoms with Crippen molar-refractivity contribution < 1.29 is 19.1 Å². The second kappa shape index (κ2) is 16.0. The number of ether oxygens (including phenoxy) is 2. The van der Waals surface area contributed by atoms with Crippen molar-refractivity contribution >= 4 is 23.2 Å². The molecule has 0 aromatic heterocycles. The second-order valence-corrected chi connectivity index (χ2v) is 10.0. The first kappa shape index (κ1) is 30.4. The molecule has 4 aromatic carbocycles. The monoisotopic (exact) mass is 564 g/mol. The van der Waals surface area contributed by atoms with Crippen molar-refractivity contribution in [3.63, 3.8) is 0 Å². The van der Waals surface area contributed by atoms with Crippen LogP contribution in [0.5, 0.6) is 11.5 Å². The van der Waals surface area contributed by atoms with Crippen molar-refractivity contribution in [2.45, 2.75) is 39.5 Å². The molecule has 4 aromatic rings. The van der Waals surface area contributed by atoms with Gasteiger partial charge in [-0.3, -0.25) is 9.59 Å². The molecule has 0 aliphatic rings. The zero-order valence-corrected chi connectivity index (χ0v) is 24.6. The summed E-state index contributed by atoms with van der Waals surface area (Å²) >= 11 is 0. The normalized spacial score (nSPS) is 10.6. The standard InChI is InChI=1S/C36H40N2O4/c1-3-5-25-41-33-21-13-15-29(27-33)35(39)37(31-17-9-7-10-18-31)23-24-38(32-19-11-8-12-20-32)36(40)30-16-14-22-34(28-30)42-26-6-4-2/h7-22,27-28H,3-6,23-26H2,1-2H3. The molecule has 0 unspecified atom stereocenters. The van der Waals surface area contributed by atoms with E-state index >= 15 is 0 Å². The number of benzene rings is 4. The number of unbranched alkanes of at least 4 members (excludes halogenated alkanes) is 2.